The number of carbonyl (C=O) groups is 3. The third kappa shape index (κ3) is 7.34. The van der Waals surface area contributed by atoms with Crippen LogP contribution in [0, 0.1) is 15.4 Å². The highest BCUT2D eigenvalue weighted by atomic mass is 127. The summed E-state index contributed by atoms with van der Waals surface area (Å²) in [5.74, 6) is 0.239. The topological polar surface area (TPSA) is 135 Å². The van der Waals surface area contributed by atoms with Crippen LogP contribution in [0.15, 0.2) is 23.8 Å². The van der Waals surface area contributed by atoms with Gasteiger partial charge in [0.2, 0.25) is 11.8 Å². The molecule has 1 saturated heterocycles. The number of hydrogen-bond donors (Lipinski definition) is 3. The van der Waals surface area contributed by atoms with E-state index in [0.717, 1.165) is 25.7 Å². The second kappa shape index (κ2) is 14.6. The number of methoxy groups -OCH3 is 1. The first-order valence-electron chi connectivity index (χ1n) is 14.0. The highest BCUT2D eigenvalue weighted by Gasteiger charge is 2.43. The molecule has 0 radical (unpaired) electrons. The van der Waals surface area contributed by atoms with Crippen LogP contribution in [-0.2, 0) is 14.3 Å². The third-order valence-corrected chi connectivity index (χ3v) is 8.80. The number of nitrogens with one attached hydrogen (secondary N) is 1. The van der Waals surface area contributed by atoms with Crippen molar-refractivity contribution < 1.29 is 38.8 Å². The summed E-state index contributed by atoms with van der Waals surface area (Å²) < 4.78 is 17.9. The fourth-order valence-corrected chi connectivity index (χ4v) is 6.59. The summed E-state index contributed by atoms with van der Waals surface area (Å²) in [4.78, 5) is 40.2. The molecule has 0 aromatic heterocycles. The summed E-state index contributed by atoms with van der Waals surface area (Å²) in [6.07, 6.45) is 6.43. The molecule has 4 atom stereocenters. The summed E-state index contributed by atoms with van der Waals surface area (Å²) in [5.41, 5.74) is 0.787. The molecule has 40 heavy (non-hydrogen) atoms. The van der Waals surface area contributed by atoms with Gasteiger partial charge in [0.25, 0.3) is 0 Å². The van der Waals surface area contributed by atoms with Crippen molar-refractivity contribution in [3.63, 3.8) is 0 Å². The number of hydrogen-bond acceptors (Lipinski definition) is 8. The Balaban J connectivity index is 1.69. The van der Waals surface area contributed by atoms with E-state index < -0.39 is 18.2 Å². The Morgan fingerprint density at radius 3 is 2.65 bits per heavy atom. The Bertz CT molecular complexity index is 1080. The van der Waals surface area contributed by atoms with Crippen molar-refractivity contribution in [2.75, 3.05) is 40.0 Å². The average Bonchev–Trinajstić information content (AvgIpc) is 3.52. The number of amides is 2. The van der Waals surface area contributed by atoms with E-state index in [1.165, 1.54) is 13.5 Å². The van der Waals surface area contributed by atoms with E-state index in [9.17, 15) is 24.6 Å². The maximum absolute atomic E-state index is 13.9. The number of carbonyl (C=O) groups excluding carboxylic acids is 3. The number of nitrogens with zero attached hydrogens (tertiary/aromatic N) is 1. The Morgan fingerprint density at radius 1 is 1.23 bits per heavy atom. The zero-order valence-electron chi connectivity index (χ0n) is 22.9. The van der Waals surface area contributed by atoms with E-state index in [2.05, 4.69) is 5.32 Å². The first-order chi connectivity index (χ1) is 19.4. The summed E-state index contributed by atoms with van der Waals surface area (Å²) >= 11 is 2.04. The van der Waals surface area contributed by atoms with Gasteiger partial charge in [0.05, 0.1) is 35.9 Å². The van der Waals surface area contributed by atoms with Crippen molar-refractivity contribution in [3.05, 3.63) is 32.9 Å². The van der Waals surface area contributed by atoms with E-state index in [4.69, 9.17) is 14.2 Å². The van der Waals surface area contributed by atoms with Crippen molar-refractivity contribution >= 4 is 40.7 Å². The van der Waals surface area contributed by atoms with Crippen LogP contribution in [0.2, 0.25) is 0 Å². The molecule has 11 heteroatoms. The van der Waals surface area contributed by atoms with Gasteiger partial charge in [-0.2, -0.15) is 0 Å². The van der Waals surface area contributed by atoms with E-state index in [1.807, 2.05) is 22.6 Å². The fraction of sp³-hybridized carbons (Fsp3) is 0.621. The van der Waals surface area contributed by atoms with Gasteiger partial charge < -0.3 is 34.6 Å². The molecule has 0 bridgehead atoms. The molecular weight excluding hydrogens is 631 g/mol. The Labute approximate surface area is 248 Å². The molecule has 1 saturated carbocycles. The number of rotatable bonds is 11. The van der Waals surface area contributed by atoms with Crippen molar-refractivity contribution in [1.29, 1.82) is 0 Å². The van der Waals surface area contributed by atoms with Gasteiger partial charge in [-0.05, 0) is 66.0 Å². The van der Waals surface area contributed by atoms with Crippen LogP contribution < -0.4 is 14.8 Å². The van der Waals surface area contributed by atoms with Crippen LogP contribution in [0.1, 0.15) is 55.3 Å². The minimum Gasteiger partial charge on any atom is -0.493 e. The van der Waals surface area contributed by atoms with Crippen molar-refractivity contribution in [3.8, 4) is 11.5 Å². The average molecular weight is 671 g/mol. The lowest BCUT2D eigenvalue weighted by atomic mass is 9.84. The van der Waals surface area contributed by atoms with E-state index in [1.54, 1.807) is 23.1 Å². The molecule has 1 aromatic rings. The number of aldehydes is 1. The molecule has 10 nitrogen and oxygen atoms in total. The third-order valence-electron chi connectivity index (χ3n) is 8.00. The van der Waals surface area contributed by atoms with Gasteiger partial charge >= 0.3 is 0 Å². The molecule has 2 amide bonds. The fourth-order valence-electron chi connectivity index (χ4n) is 5.84. The molecule has 3 aliphatic rings. The first kappa shape index (κ1) is 30.7. The molecule has 1 aromatic carbocycles. The molecule has 220 valence electrons. The van der Waals surface area contributed by atoms with Gasteiger partial charge in [0.1, 0.15) is 18.5 Å². The maximum atomic E-state index is 13.9. The zero-order chi connectivity index (χ0) is 28.6. The standard InChI is InChI=1S/C29H39IN2O8/c1-38-25-12-19(16-34)11-22(30)27(25)40-24-14-21(28(36)31-8-9-33)13-23(26(24)35)32(15-18-5-3-2-4-6-18)29(37)20-7-10-39-17-20/h11-12,14,16,18,20,23-24,26,33,35H,2-10,13,15,17H2,1H3,(H,31,36). The smallest absolute Gasteiger partial charge is 0.247 e. The Hall–Kier alpha value is -2.22. The lowest BCUT2D eigenvalue weighted by Crippen LogP contribution is -2.57. The number of benzene rings is 1. The molecule has 2 fully saturated rings. The van der Waals surface area contributed by atoms with Crippen LogP contribution in [-0.4, -0.2) is 91.5 Å². The van der Waals surface area contributed by atoms with Gasteiger partial charge in [0, 0.05) is 37.3 Å². The molecule has 1 heterocycles. The molecule has 3 N–H and O–H groups in total. The van der Waals surface area contributed by atoms with Gasteiger partial charge in [-0.15, -0.1) is 0 Å². The van der Waals surface area contributed by atoms with Crippen LogP contribution in [0.4, 0.5) is 0 Å². The highest BCUT2D eigenvalue weighted by Crippen LogP contribution is 2.38. The van der Waals surface area contributed by atoms with Crippen LogP contribution >= 0.6 is 22.6 Å². The summed E-state index contributed by atoms with van der Waals surface area (Å²) in [6, 6.07) is 2.50. The largest absolute Gasteiger partial charge is 0.493 e. The second-order valence-electron chi connectivity index (χ2n) is 10.7. The molecule has 0 spiro atoms. The quantitative estimate of drug-likeness (QED) is 0.242. The summed E-state index contributed by atoms with van der Waals surface area (Å²) in [7, 11) is 1.46. The summed E-state index contributed by atoms with van der Waals surface area (Å²) in [6.45, 7) is 1.25. The molecule has 4 rings (SSSR count). The van der Waals surface area contributed by atoms with Crippen LogP contribution in [0.5, 0.6) is 11.5 Å². The maximum Gasteiger partial charge on any atom is 0.247 e. The lowest BCUT2D eigenvalue weighted by molar-refractivity contribution is -0.144. The number of aliphatic hydroxyl groups is 2. The zero-order valence-corrected chi connectivity index (χ0v) is 25.0. The van der Waals surface area contributed by atoms with Crippen LogP contribution in [0.3, 0.4) is 0 Å². The Morgan fingerprint density at radius 2 is 2.00 bits per heavy atom. The second-order valence-corrected chi connectivity index (χ2v) is 11.9. The van der Waals surface area contributed by atoms with Crippen molar-refractivity contribution in [2.45, 2.75) is 63.2 Å². The predicted octanol–water partition coefficient (Wildman–Crippen LogP) is 2.47. The molecule has 4 unspecified atom stereocenters. The van der Waals surface area contributed by atoms with Gasteiger partial charge in [-0.1, -0.05) is 19.3 Å². The number of ether oxygens (including phenoxy) is 3. The van der Waals surface area contributed by atoms with Gasteiger partial charge in [-0.3, -0.25) is 14.4 Å². The molecular formula is C29H39IN2O8. The lowest BCUT2D eigenvalue weighted by Gasteiger charge is -2.43. The van der Waals surface area contributed by atoms with Gasteiger partial charge in [0.15, 0.2) is 11.5 Å². The summed E-state index contributed by atoms with van der Waals surface area (Å²) in [5, 5.41) is 23.7. The number of aliphatic hydroxyl groups excluding tert-OH is 2. The minimum atomic E-state index is -1.13. The van der Waals surface area contributed by atoms with Crippen molar-refractivity contribution in [1.82, 2.24) is 10.2 Å². The van der Waals surface area contributed by atoms with Crippen LogP contribution in [0.25, 0.3) is 0 Å². The van der Waals surface area contributed by atoms with Crippen molar-refractivity contribution in [2.24, 2.45) is 11.8 Å². The first-order valence-corrected chi connectivity index (χ1v) is 15.1. The predicted molar refractivity (Wildman–Crippen MR) is 155 cm³/mol. The van der Waals surface area contributed by atoms with E-state index >= 15 is 0 Å². The molecule has 1 aliphatic heterocycles. The highest BCUT2D eigenvalue weighted by molar-refractivity contribution is 14.1. The number of halogens is 1. The van der Waals surface area contributed by atoms with E-state index in [-0.39, 0.29) is 37.3 Å². The minimum absolute atomic E-state index is 0.0645. The monoisotopic (exact) mass is 670 g/mol. The molecule has 2 aliphatic carbocycles. The normalized spacial score (nSPS) is 25.1. The SMILES string of the molecule is COc1cc(C=O)cc(I)c1OC1C=C(C(=O)NCCO)CC(N(CC2CCCCC2)C(=O)C2CCOC2)C1O. The Kier molecular flexibility index (Phi) is 11.2. The van der Waals surface area contributed by atoms with Gasteiger partial charge in [-0.25, -0.2) is 0 Å². The van der Waals surface area contributed by atoms with E-state index in [0.29, 0.717) is 64.6 Å².